The van der Waals surface area contributed by atoms with Crippen LogP contribution < -0.4 is 5.32 Å². The van der Waals surface area contributed by atoms with Crippen molar-refractivity contribution in [2.24, 2.45) is 5.41 Å². The molecule has 3 rings (SSSR count). The number of aliphatic carboxylic acids is 1. The SMILES string of the molecule is Cc1sc(C2=CC(=O)NC2)c(C2=CCC(C)(C)CC2)c1C(OC(C)(C)C)C(=O)O. The topological polar surface area (TPSA) is 75.6 Å². The van der Waals surface area contributed by atoms with Crippen LogP contribution in [0.3, 0.4) is 0 Å². The number of rotatable bonds is 5. The van der Waals surface area contributed by atoms with E-state index in [0.717, 1.165) is 45.7 Å². The summed E-state index contributed by atoms with van der Waals surface area (Å²) < 4.78 is 6.01. The third kappa shape index (κ3) is 4.81. The third-order valence-corrected chi connectivity index (χ3v) is 6.63. The van der Waals surface area contributed by atoms with Gasteiger partial charge in [-0.2, -0.15) is 0 Å². The average molecular weight is 418 g/mol. The van der Waals surface area contributed by atoms with Crippen molar-refractivity contribution in [1.29, 1.82) is 0 Å². The van der Waals surface area contributed by atoms with Crippen molar-refractivity contribution in [2.45, 2.75) is 72.5 Å². The molecule has 2 heterocycles. The van der Waals surface area contributed by atoms with Gasteiger partial charge < -0.3 is 15.2 Å². The molecule has 2 aliphatic rings. The van der Waals surface area contributed by atoms with E-state index in [-0.39, 0.29) is 11.3 Å². The Morgan fingerprint density at radius 3 is 2.48 bits per heavy atom. The van der Waals surface area contributed by atoms with Gasteiger partial charge in [-0.25, -0.2) is 4.79 Å². The summed E-state index contributed by atoms with van der Waals surface area (Å²) in [5.74, 6) is -1.09. The van der Waals surface area contributed by atoms with E-state index in [1.807, 2.05) is 27.7 Å². The maximum Gasteiger partial charge on any atom is 0.337 e. The summed E-state index contributed by atoms with van der Waals surface area (Å²) in [7, 11) is 0. The predicted molar refractivity (Wildman–Crippen MR) is 117 cm³/mol. The summed E-state index contributed by atoms with van der Waals surface area (Å²) in [6, 6.07) is 0. The molecule has 1 amide bonds. The second kappa shape index (κ2) is 7.73. The van der Waals surface area contributed by atoms with E-state index in [0.29, 0.717) is 6.54 Å². The van der Waals surface area contributed by atoms with Crippen LogP contribution in [0.5, 0.6) is 0 Å². The fraction of sp³-hybridized carbons (Fsp3) is 0.565. The summed E-state index contributed by atoms with van der Waals surface area (Å²) in [5.41, 5.74) is 3.44. The average Bonchev–Trinajstić information content (AvgIpc) is 3.15. The first-order valence-electron chi connectivity index (χ1n) is 10.1. The van der Waals surface area contributed by atoms with Crippen LogP contribution in [0.1, 0.15) is 80.9 Å². The molecule has 29 heavy (non-hydrogen) atoms. The van der Waals surface area contributed by atoms with Gasteiger partial charge in [-0.1, -0.05) is 19.9 Å². The zero-order valence-electron chi connectivity index (χ0n) is 18.1. The van der Waals surface area contributed by atoms with E-state index in [9.17, 15) is 14.7 Å². The van der Waals surface area contributed by atoms with Crippen LogP contribution in [-0.2, 0) is 14.3 Å². The minimum absolute atomic E-state index is 0.0990. The third-order valence-electron chi connectivity index (χ3n) is 5.43. The molecular formula is C23H31NO4S. The van der Waals surface area contributed by atoms with E-state index < -0.39 is 17.7 Å². The molecule has 1 aromatic heterocycles. The van der Waals surface area contributed by atoms with Crippen molar-refractivity contribution >= 4 is 34.4 Å². The number of carboxylic acids is 1. The summed E-state index contributed by atoms with van der Waals surface area (Å²) in [6.45, 7) is 12.5. The lowest BCUT2D eigenvalue weighted by molar-refractivity contribution is -0.160. The summed E-state index contributed by atoms with van der Waals surface area (Å²) in [6.07, 6.45) is 5.71. The molecule has 1 aromatic rings. The van der Waals surface area contributed by atoms with Gasteiger partial charge in [0.1, 0.15) is 0 Å². The maximum absolute atomic E-state index is 12.2. The summed E-state index contributed by atoms with van der Waals surface area (Å²) in [4.78, 5) is 26.0. The second-order valence-corrected chi connectivity index (χ2v) is 10.9. The minimum atomic E-state index is -1.04. The van der Waals surface area contributed by atoms with Crippen molar-refractivity contribution in [3.63, 3.8) is 0 Å². The molecule has 1 aliphatic carbocycles. The lowest BCUT2D eigenvalue weighted by atomic mass is 9.76. The number of allylic oxidation sites excluding steroid dienone is 2. The largest absolute Gasteiger partial charge is 0.479 e. The molecule has 5 nitrogen and oxygen atoms in total. The van der Waals surface area contributed by atoms with Crippen molar-refractivity contribution < 1.29 is 19.4 Å². The Labute approximate surface area is 176 Å². The standard InChI is InChI=1S/C23H31NO4S/c1-13-17(19(21(26)27)28-22(2,3)4)18(14-7-9-23(5,6)10-8-14)20(29-13)15-11-16(25)24-12-15/h7,11,19H,8-10,12H2,1-6H3,(H,24,25)(H,26,27). The molecule has 1 atom stereocenters. The number of hydrogen-bond donors (Lipinski definition) is 2. The number of hydrogen-bond acceptors (Lipinski definition) is 4. The highest BCUT2D eigenvalue weighted by atomic mass is 32.1. The highest BCUT2D eigenvalue weighted by Gasteiger charge is 2.36. The molecule has 6 heteroatoms. The Kier molecular flexibility index (Phi) is 5.80. The fourth-order valence-corrected chi connectivity index (χ4v) is 5.13. The first-order chi connectivity index (χ1) is 13.4. The van der Waals surface area contributed by atoms with Gasteiger partial charge in [-0.3, -0.25) is 4.79 Å². The van der Waals surface area contributed by atoms with E-state index in [1.54, 1.807) is 17.4 Å². The van der Waals surface area contributed by atoms with Crippen LogP contribution in [0.15, 0.2) is 12.2 Å². The molecule has 0 saturated heterocycles. The van der Waals surface area contributed by atoms with E-state index in [2.05, 4.69) is 25.2 Å². The van der Waals surface area contributed by atoms with Crippen LogP contribution in [0.25, 0.3) is 11.1 Å². The van der Waals surface area contributed by atoms with Crippen LogP contribution in [0, 0.1) is 12.3 Å². The smallest absolute Gasteiger partial charge is 0.337 e. The Morgan fingerprint density at radius 2 is 2.00 bits per heavy atom. The Bertz CT molecular complexity index is 899. The van der Waals surface area contributed by atoms with Crippen LogP contribution >= 0.6 is 11.3 Å². The molecular weight excluding hydrogens is 386 g/mol. The van der Waals surface area contributed by atoms with Gasteiger partial charge in [0.25, 0.3) is 0 Å². The van der Waals surface area contributed by atoms with Crippen LogP contribution in [0.2, 0.25) is 0 Å². The summed E-state index contributed by atoms with van der Waals surface area (Å²) in [5, 5.41) is 12.9. The number of ether oxygens (including phenoxy) is 1. The quantitative estimate of drug-likeness (QED) is 0.698. The van der Waals surface area contributed by atoms with Gasteiger partial charge in [-0.15, -0.1) is 11.3 Å². The van der Waals surface area contributed by atoms with E-state index in [1.165, 1.54) is 5.57 Å². The minimum Gasteiger partial charge on any atom is -0.479 e. The van der Waals surface area contributed by atoms with Crippen molar-refractivity contribution in [3.05, 3.63) is 33.0 Å². The lowest BCUT2D eigenvalue weighted by Crippen LogP contribution is -2.28. The first-order valence-corrected chi connectivity index (χ1v) is 10.9. The highest BCUT2D eigenvalue weighted by molar-refractivity contribution is 7.13. The fourth-order valence-electron chi connectivity index (χ4n) is 3.90. The molecule has 0 fully saturated rings. The molecule has 0 saturated carbocycles. The first kappa shape index (κ1) is 21.8. The second-order valence-electron chi connectivity index (χ2n) is 9.71. The Balaban J connectivity index is 2.19. The Hall–Kier alpha value is -1.92. The van der Waals surface area contributed by atoms with Crippen LogP contribution in [0.4, 0.5) is 0 Å². The zero-order valence-corrected chi connectivity index (χ0v) is 19.0. The predicted octanol–water partition coefficient (Wildman–Crippen LogP) is 5.10. The molecule has 2 N–H and O–H groups in total. The van der Waals surface area contributed by atoms with Gasteiger partial charge in [0.15, 0.2) is 6.10 Å². The monoisotopic (exact) mass is 417 g/mol. The van der Waals surface area contributed by atoms with Gasteiger partial charge in [0.05, 0.1) is 5.60 Å². The Morgan fingerprint density at radius 1 is 1.31 bits per heavy atom. The molecule has 0 radical (unpaired) electrons. The van der Waals surface area contributed by atoms with Gasteiger partial charge in [0.2, 0.25) is 5.91 Å². The number of carboxylic acid groups (broad SMARTS) is 1. The number of nitrogens with one attached hydrogen (secondary N) is 1. The normalized spacial score (nSPS) is 20.1. The van der Waals surface area contributed by atoms with E-state index >= 15 is 0 Å². The molecule has 0 bridgehead atoms. The highest BCUT2D eigenvalue weighted by Crippen LogP contribution is 2.47. The number of thiophene rings is 1. The van der Waals surface area contributed by atoms with Gasteiger partial charge >= 0.3 is 5.97 Å². The van der Waals surface area contributed by atoms with Crippen molar-refractivity contribution in [2.75, 3.05) is 6.54 Å². The molecule has 1 aliphatic heterocycles. The van der Waals surface area contributed by atoms with Gasteiger partial charge in [-0.05, 0) is 63.5 Å². The number of amides is 1. The maximum atomic E-state index is 12.2. The van der Waals surface area contributed by atoms with Crippen molar-refractivity contribution in [1.82, 2.24) is 5.32 Å². The number of carbonyl (C=O) groups excluding carboxylic acids is 1. The van der Waals surface area contributed by atoms with E-state index in [4.69, 9.17) is 4.74 Å². The summed E-state index contributed by atoms with van der Waals surface area (Å²) >= 11 is 1.56. The van der Waals surface area contributed by atoms with Gasteiger partial charge in [0, 0.05) is 33.5 Å². The molecule has 1 unspecified atom stereocenters. The molecule has 158 valence electrons. The van der Waals surface area contributed by atoms with Crippen LogP contribution in [-0.4, -0.2) is 29.1 Å². The molecule has 0 aromatic carbocycles. The number of aryl methyl sites for hydroxylation is 1. The van der Waals surface area contributed by atoms with Crippen molar-refractivity contribution in [3.8, 4) is 0 Å². The zero-order chi connectivity index (χ0) is 21.6. The lowest BCUT2D eigenvalue weighted by Gasteiger charge is -2.31. The number of carbonyl (C=O) groups is 2. The molecule has 0 spiro atoms.